The number of ether oxygens (including phenoxy) is 1. The van der Waals surface area contributed by atoms with Gasteiger partial charge in [0, 0.05) is 25.2 Å². The molecule has 1 atom stereocenters. The fraction of sp³-hybridized carbons (Fsp3) is 0.500. The Kier molecular flexibility index (Phi) is 4.54. The van der Waals surface area contributed by atoms with E-state index >= 15 is 0 Å². The Morgan fingerprint density at radius 3 is 2.45 bits per heavy atom. The minimum atomic E-state index is -2.87. The molecule has 1 saturated carbocycles. The minimum absolute atomic E-state index is 0.0387. The number of nitrogens with zero attached hydrogens (tertiary/aromatic N) is 1. The van der Waals surface area contributed by atoms with Crippen LogP contribution in [0, 0.1) is 5.92 Å². The Labute approximate surface area is 116 Å². The molecule has 1 aromatic rings. The molecular weight excluding hydrogens is 266 g/mol. The third-order valence-corrected chi connectivity index (χ3v) is 3.55. The maximum atomic E-state index is 12.3. The fourth-order valence-corrected chi connectivity index (χ4v) is 2.28. The van der Waals surface area contributed by atoms with Gasteiger partial charge in [0.25, 0.3) is 5.91 Å². The van der Waals surface area contributed by atoms with Crippen molar-refractivity contribution in [2.45, 2.75) is 25.5 Å². The van der Waals surface area contributed by atoms with Crippen molar-refractivity contribution in [3.63, 3.8) is 0 Å². The second-order valence-electron chi connectivity index (χ2n) is 4.96. The highest BCUT2D eigenvalue weighted by molar-refractivity contribution is 5.94. The average molecular weight is 284 g/mol. The topological polar surface area (TPSA) is 55.6 Å². The van der Waals surface area contributed by atoms with Gasteiger partial charge in [-0.25, -0.2) is 0 Å². The van der Waals surface area contributed by atoms with Crippen LogP contribution >= 0.6 is 0 Å². The smallest absolute Gasteiger partial charge is 0.387 e. The molecule has 0 aliphatic heterocycles. The van der Waals surface area contributed by atoms with Gasteiger partial charge in [-0.05, 0) is 43.0 Å². The molecule has 1 unspecified atom stereocenters. The zero-order valence-corrected chi connectivity index (χ0v) is 11.3. The standard InChI is InChI=1S/C14H18F2N2O2/c1-18(12(8-17)9-2-3-9)13(19)10-4-6-11(7-5-10)20-14(15)16/h4-7,9,12,14H,2-3,8,17H2,1H3. The number of hydrogen-bond donors (Lipinski definition) is 1. The predicted molar refractivity (Wildman–Crippen MR) is 70.7 cm³/mol. The number of carbonyl (C=O) groups excluding carboxylic acids is 1. The van der Waals surface area contributed by atoms with Crippen molar-refractivity contribution in [1.82, 2.24) is 4.90 Å². The van der Waals surface area contributed by atoms with Crippen LogP contribution in [0.3, 0.4) is 0 Å². The van der Waals surface area contributed by atoms with E-state index in [0.717, 1.165) is 12.8 Å². The number of hydrogen-bond acceptors (Lipinski definition) is 3. The van der Waals surface area contributed by atoms with Crippen molar-refractivity contribution in [1.29, 1.82) is 0 Å². The van der Waals surface area contributed by atoms with Crippen LogP contribution in [0.5, 0.6) is 5.75 Å². The van der Waals surface area contributed by atoms with E-state index in [2.05, 4.69) is 4.74 Å². The molecule has 0 saturated heterocycles. The minimum Gasteiger partial charge on any atom is -0.435 e. The number of alkyl halides is 2. The van der Waals surface area contributed by atoms with E-state index in [4.69, 9.17) is 5.73 Å². The lowest BCUT2D eigenvalue weighted by atomic mass is 10.1. The maximum Gasteiger partial charge on any atom is 0.387 e. The van der Waals surface area contributed by atoms with Crippen LogP contribution in [0.4, 0.5) is 8.78 Å². The molecule has 1 aliphatic carbocycles. The first-order valence-corrected chi connectivity index (χ1v) is 6.55. The molecule has 6 heteroatoms. The van der Waals surface area contributed by atoms with E-state index in [1.54, 1.807) is 11.9 Å². The van der Waals surface area contributed by atoms with Crippen molar-refractivity contribution in [2.75, 3.05) is 13.6 Å². The van der Waals surface area contributed by atoms with E-state index in [0.29, 0.717) is 18.0 Å². The summed E-state index contributed by atoms with van der Waals surface area (Å²) in [5.74, 6) is 0.364. The number of benzene rings is 1. The number of carbonyl (C=O) groups is 1. The third-order valence-electron chi connectivity index (χ3n) is 3.55. The number of nitrogens with two attached hydrogens (primary N) is 1. The molecule has 2 N–H and O–H groups in total. The van der Waals surface area contributed by atoms with Crippen LogP contribution in [-0.4, -0.2) is 37.1 Å². The Hall–Kier alpha value is -1.69. The van der Waals surface area contributed by atoms with Crippen LogP contribution < -0.4 is 10.5 Å². The molecule has 4 nitrogen and oxygen atoms in total. The Bertz CT molecular complexity index is 461. The first-order valence-electron chi connectivity index (χ1n) is 6.55. The third kappa shape index (κ3) is 3.45. The van der Waals surface area contributed by atoms with Gasteiger partial charge in [0.1, 0.15) is 5.75 Å². The summed E-state index contributed by atoms with van der Waals surface area (Å²) in [6.07, 6.45) is 2.20. The average Bonchev–Trinajstić information content (AvgIpc) is 3.23. The lowest BCUT2D eigenvalue weighted by molar-refractivity contribution is -0.0498. The summed E-state index contributed by atoms with van der Waals surface area (Å²) in [4.78, 5) is 13.9. The first kappa shape index (κ1) is 14.7. The Morgan fingerprint density at radius 2 is 2.00 bits per heavy atom. The molecule has 0 radical (unpaired) electrons. The van der Waals surface area contributed by atoms with Crippen molar-refractivity contribution < 1.29 is 18.3 Å². The normalized spacial score (nSPS) is 16.1. The lowest BCUT2D eigenvalue weighted by Crippen LogP contribution is -2.43. The maximum absolute atomic E-state index is 12.3. The number of amides is 1. The molecule has 0 aromatic heterocycles. The van der Waals surface area contributed by atoms with Crippen molar-refractivity contribution in [2.24, 2.45) is 11.7 Å². The molecule has 1 aliphatic rings. The van der Waals surface area contributed by atoms with Crippen LogP contribution in [0.1, 0.15) is 23.2 Å². The number of likely N-dealkylation sites (N-methyl/N-ethyl adjacent to an activating group) is 1. The van der Waals surface area contributed by atoms with Gasteiger partial charge in [-0.2, -0.15) is 8.78 Å². The summed E-state index contributed by atoms with van der Waals surface area (Å²) in [5.41, 5.74) is 6.15. The van der Waals surface area contributed by atoms with Gasteiger partial charge < -0.3 is 15.4 Å². The number of halogens is 2. The van der Waals surface area contributed by atoms with Crippen molar-refractivity contribution in [3.05, 3.63) is 29.8 Å². The van der Waals surface area contributed by atoms with Crippen LogP contribution in [0.2, 0.25) is 0 Å². The first-order chi connectivity index (χ1) is 9.52. The molecular formula is C14H18F2N2O2. The van der Waals surface area contributed by atoms with Gasteiger partial charge in [-0.3, -0.25) is 4.79 Å². The SMILES string of the molecule is CN(C(=O)c1ccc(OC(F)F)cc1)C(CN)C1CC1. The van der Waals surface area contributed by atoms with Crippen LogP contribution in [0.25, 0.3) is 0 Å². The van der Waals surface area contributed by atoms with E-state index in [9.17, 15) is 13.6 Å². The molecule has 20 heavy (non-hydrogen) atoms. The second-order valence-corrected chi connectivity index (χ2v) is 4.96. The molecule has 1 fully saturated rings. The summed E-state index contributed by atoms with van der Waals surface area (Å²) in [7, 11) is 1.72. The van der Waals surface area contributed by atoms with Crippen molar-refractivity contribution >= 4 is 5.91 Å². The molecule has 0 spiro atoms. The zero-order chi connectivity index (χ0) is 14.7. The number of rotatable bonds is 6. The van der Waals surface area contributed by atoms with Crippen LogP contribution in [0.15, 0.2) is 24.3 Å². The van der Waals surface area contributed by atoms with Crippen LogP contribution in [-0.2, 0) is 0 Å². The van der Waals surface area contributed by atoms with E-state index in [1.165, 1.54) is 24.3 Å². The van der Waals surface area contributed by atoms with E-state index in [1.807, 2.05) is 0 Å². The molecule has 0 heterocycles. The van der Waals surface area contributed by atoms with Gasteiger partial charge in [0.05, 0.1) is 0 Å². The predicted octanol–water partition coefficient (Wildman–Crippen LogP) is 2.10. The monoisotopic (exact) mass is 284 g/mol. The summed E-state index contributed by atoms with van der Waals surface area (Å²) in [5, 5.41) is 0. The van der Waals surface area contributed by atoms with Crippen molar-refractivity contribution in [3.8, 4) is 5.75 Å². The summed E-state index contributed by atoms with van der Waals surface area (Å²) in [6, 6.07) is 5.73. The van der Waals surface area contributed by atoms with Gasteiger partial charge in [0.15, 0.2) is 0 Å². The molecule has 0 bridgehead atoms. The van der Waals surface area contributed by atoms with Gasteiger partial charge in [-0.15, -0.1) is 0 Å². The summed E-state index contributed by atoms with van der Waals surface area (Å²) < 4.78 is 28.3. The highest BCUT2D eigenvalue weighted by Crippen LogP contribution is 2.35. The summed E-state index contributed by atoms with van der Waals surface area (Å²) in [6.45, 7) is -2.44. The zero-order valence-electron chi connectivity index (χ0n) is 11.3. The summed E-state index contributed by atoms with van der Waals surface area (Å²) >= 11 is 0. The highest BCUT2D eigenvalue weighted by atomic mass is 19.3. The highest BCUT2D eigenvalue weighted by Gasteiger charge is 2.34. The quantitative estimate of drug-likeness (QED) is 0.870. The van der Waals surface area contributed by atoms with Gasteiger partial charge >= 0.3 is 6.61 Å². The largest absolute Gasteiger partial charge is 0.435 e. The lowest BCUT2D eigenvalue weighted by Gasteiger charge is -2.27. The van der Waals surface area contributed by atoms with E-state index in [-0.39, 0.29) is 17.7 Å². The molecule has 2 rings (SSSR count). The second kappa shape index (κ2) is 6.17. The molecule has 1 amide bonds. The Morgan fingerprint density at radius 1 is 1.40 bits per heavy atom. The van der Waals surface area contributed by atoms with Gasteiger partial charge in [0.2, 0.25) is 0 Å². The Balaban J connectivity index is 2.04. The van der Waals surface area contributed by atoms with E-state index < -0.39 is 6.61 Å². The fourth-order valence-electron chi connectivity index (χ4n) is 2.28. The van der Waals surface area contributed by atoms with Gasteiger partial charge in [-0.1, -0.05) is 0 Å². The molecule has 1 aromatic carbocycles. The molecule has 110 valence electrons.